The zero-order valence-corrected chi connectivity index (χ0v) is 12.0. The molecule has 2 rings (SSSR count). The highest BCUT2D eigenvalue weighted by molar-refractivity contribution is 7.17. The van der Waals surface area contributed by atoms with Gasteiger partial charge in [-0.15, -0.1) is 10.2 Å². The first-order chi connectivity index (χ1) is 8.63. The zero-order valence-electron chi connectivity index (χ0n) is 11.1. The van der Waals surface area contributed by atoms with E-state index in [1.165, 1.54) is 17.8 Å². The number of aromatic nitrogens is 2. The minimum Gasteiger partial charge on any atom is -0.360 e. The van der Waals surface area contributed by atoms with E-state index in [0.717, 1.165) is 24.5 Å². The third-order valence-electron chi connectivity index (χ3n) is 3.36. The molecule has 1 fully saturated rings. The van der Waals surface area contributed by atoms with Gasteiger partial charge in [0.2, 0.25) is 10.1 Å². The predicted molar refractivity (Wildman–Crippen MR) is 73.0 cm³/mol. The molecule has 1 aliphatic rings. The van der Waals surface area contributed by atoms with Gasteiger partial charge >= 0.3 is 0 Å². The number of carbonyl (C=O) groups excluding carboxylic acids is 1. The van der Waals surface area contributed by atoms with Crippen molar-refractivity contribution in [3.8, 4) is 0 Å². The fraction of sp³-hybridized carbons (Fsp3) is 0.750. The van der Waals surface area contributed by atoms with Gasteiger partial charge in [0.25, 0.3) is 5.91 Å². The molecule has 1 saturated heterocycles. The highest BCUT2D eigenvalue weighted by Gasteiger charge is 2.31. The van der Waals surface area contributed by atoms with E-state index in [2.05, 4.69) is 29.4 Å². The molecule has 100 valence electrons. The summed E-state index contributed by atoms with van der Waals surface area (Å²) in [7, 11) is 0. The number of anilines is 1. The van der Waals surface area contributed by atoms with Gasteiger partial charge in [0.15, 0.2) is 0 Å². The number of piperidine rings is 1. The highest BCUT2D eigenvalue weighted by Crippen LogP contribution is 2.26. The van der Waals surface area contributed by atoms with Crippen molar-refractivity contribution >= 4 is 22.4 Å². The maximum atomic E-state index is 12.4. The second-order valence-electron chi connectivity index (χ2n) is 4.78. The molecular weight excluding hydrogens is 248 g/mol. The Labute approximate surface area is 112 Å². The number of carbonyl (C=O) groups is 1. The molecule has 1 aliphatic heterocycles. The van der Waals surface area contributed by atoms with Crippen molar-refractivity contribution in [3.05, 3.63) is 5.01 Å². The van der Waals surface area contributed by atoms with Gasteiger partial charge in [-0.1, -0.05) is 11.3 Å². The number of amides is 1. The van der Waals surface area contributed by atoms with Crippen molar-refractivity contribution in [1.29, 1.82) is 0 Å². The quantitative estimate of drug-likeness (QED) is 0.914. The van der Waals surface area contributed by atoms with Crippen LogP contribution in [0, 0.1) is 0 Å². The average molecular weight is 268 g/mol. The van der Waals surface area contributed by atoms with Crippen LogP contribution >= 0.6 is 11.3 Å². The lowest BCUT2D eigenvalue weighted by atomic mass is 9.97. The zero-order chi connectivity index (χ0) is 13.1. The summed E-state index contributed by atoms with van der Waals surface area (Å²) in [5, 5.41) is 12.3. The molecule has 1 aromatic heterocycles. The molecule has 0 aromatic carbocycles. The topological polar surface area (TPSA) is 58.1 Å². The second-order valence-corrected chi connectivity index (χ2v) is 5.76. The number of rotatable bonds is 3. The van der Waals surface area contributed by atoms with Gasteiger partial charge in [0, 0.05) is 18.6 Å². The van der Waals surface area contributed by atoms with Crippen LogP contribution in [-0.2, 0) is 0 Å². The predicted octanol–water partition coefficient (Wildman–Crippen LogP) is 2.37. The second kappa shape index (κ2) is 5.65. The van der Waals surface area contributed by atoms with Crippen LogP contribution in [0.25, 0.3) is 0 Å². The molecule has 0 aliphatic carbocycles. The van der Waals surface area contributed by atoms with Crippen LogP contribution in [0.1, 0.15) is 49.8 Å². The van der Waals surface area contributed by atoms with Crippen LogP contribution in [0.3, 0.4) is 0 Å². The molecule has 6 heteroatoms. The van der Waals surface area contributed by atoms with Crippen molar-refractivity contribution < 1.29 is 4.79 Å². The van der Waals surface area contributed by atoms with Crippen molar-refractivity contribution in [1.82, 2.24) is 15.1 Å². The van der Waals surface area contributed by atoms with Crippen molar-refractivity contribution in [3.63, 3.8) is 0 Å². The first-order valence-electron chi connectivity index (χ1n) is 6.53. The molecule has 0 radical (unpaired) electrons. The fourth-order valence-electron chi connectivity index (χ4n) is 2.46. The fourth-order valence-corrected chi connectivity index (χ4v) is 3.22. The summed E-state index contributed by atoms with van der Waals surface area (Å²) in [6.45, 7) is 7.01. The maximum absolute atomic E-state index is 12.4. The van der Waals surface area contributed by atoms with E-state index in [-0.39, 0.29) is 5.91 Å². The van der Waals surface area contributed by atoms with E-state index in [1.807, 2.05) is 11.8 Å². The summed E-state index contributed by atoms with van der Waals surface area (Å²) in [4.78, 5) is 14.4. The lowest BCUT2D eigenvalue weighted by molar-refractivity contribution is 0.0509. The third kappa shape index (κ3) is 2.63. The summed E-state index contributed by atoms with van der Waals surface area (Å²) in [5.41, 5.74) is 0. The Bertz CT molecular complexity index is 410. The van der Waals surface area contributed by atoms with Crippen LogP contribution in [0.4, 0.5) is 5.13 Å². The molecular formula is C12H20N4OS. The van der Waals surface area contributed by atoms with E-state index in [0.29, 0.717) is 17.1 Å². The highest BCUT2D eigenvalue weighted by atomic mass is 32.1. The van der Waals surface area contributed by atoms with Crippen molar-refractivity contribution in [2.24, 2.45) is 0 Å². The molecule has 1 aromatic rings. The number of hydrogen-bond acceptors (Lipinski definition) is 5. The van der Waals surface area contributed by atoms with Crippen molar-refractivity contribution in [2.45, 2.75) is 52.1 Å². The molecule has 0 spiro atoms. The van der Waals surface area contributed by atoms with E-state index in [9.17, 15) is 4.79 Å². The first-order valence-corrected chi connectivity index (χ1v) is 7.35. The van der Waals surface area contributed by atoms with Crippen LogP contribution in [0.2, 0.25) is 0 Å². The van der Waals surface area contributed by atoms with Crippen molar-refractivity contribution in [2.75, 3.05) is 11.9 Å². The molecule has 18 heavy (non-hydrogen) atoms. The van der Waals surface area contributed by atoms with E-state index < -0.39 is 0 Å². The third-order valence-corrected chi connectivity index (χ3v) is 4.23. The minimum atomic E-state index is 0.0244. The summed E-state index contributed by atoms with van der Waals surface area (Å²) in [6.07, 6.45) is 3.36. The Morgan fingerprint density at radius 2 is 2.06 bits per heavy atom. The lowest BCUT2D eigenvalue weighted by Gasteiger charge is -2.38. The van der Waals surface area contributed by atoms with Gasteiger partial charge < -0.3 is 10.2 Å². The minimum absolute atomic E-state index is 0.0244. The number of nitrogens with one attached hydrogen (secondary N) is 1. The van der Waals surface area contributed by atoms with Gasteiger partial charge in [-0.25, -0.2) is 0 Å². The lowest BCUT2D eigenvalue weighted by Crippen LogP contribution is -2.47. The molecule has 1 amide bonds. The number of likely N-dealkylation sites (tertiary alicyclic amines) is 1. The van der Waals surface area contributed by atoms with Gasteiger partial charge in [-0.2, -0.15) is 0 Å². The normalized spacial score (nSPS) is 24.1. The van der Waals surface area contributed by atoms with Gasteiger partial charge in [0.05, 0.1) is 0 Å². The Balaban J connectivity index is 2.13. The van der Waals surface area contributed by atoms with Crippen LogP contribution < -0.4 is 5.32 Å². The van der Waals surface area contributed by atoms with Crippen LogP contribution in [0.5, 0.6) is 0 Å². The van der Waals surface area contributed by atoms with Crippen LogP contribution in [0.15, 0.2) is 0 Å². The average Bonchev–Trinajstić information content (AvgIpc) is 2.78. The molecule has 0 unspecified atom stereocenters. The summed E-state index contributed by atoms with van der Waals surface area (Å²) < 4.78 is 0. The molecule has 5 nitrogen and oxygen atoms in total. The molecule has 2 heterocycles. The van der Waals surface area contributed by atoms with Gasteiger partial charge in [-0.3, -0.25) is 4.79 Å². The summed E-state index contributed by atoms with van der Waals surface area (Å²) in [5.74, 6) is 0.0244. The standard InChI is InChI=1S/C12H20N4OS/c1-4-13-12-15-14-10(18-12)11(17)16-8(2)6-5-7-9(16)3/h8-9H,4-7H2,1-3H3,(H,13,15)/t8-,9+. The first kappa shape index (κ1) is 13.3. The van der Waals surface area contributed by atoms with E-state index in [1.54, 1.807) is 0 Å². The van der Waals surface area contributed by atoms with E-state index in [4.69, 9.17) is 0 Å². The molecule has 0 saturated carbocycles. The number of nitrogens with zero attached hydrogens (tertiary/aromatic N) is 3. The Morgan fingerprint density at radius 1 is 1.39 bits per heavy atom. The van der Waals surface area contributed by atoms with Gasteiger partial charge in [-0.05, 0) is 40.0 Å². The number of hydrogen-bond donors (Lipinski definition) is 1. The largest absolute Gasteiger partial charge is 0.360 e. The Kier molecular flexibility index (Phi) is 4.16. The van der Waals surface area contributed by atoms with Crippen LogP contribution in [-0.4, -0.2) is 39.6 Å². The smallest absolute Gasteiger partial charge is 0.285 e. The monoisotopic (exact) mass is 268 g/mol. The summed E-state index contributed by atoms with van der Waals surface area (Å²) in [6, 6.07) is 0.598. The van der Waals surface area contributed by atoms with Gasteiger partial charge in [0.1, 0.15) is 0 Å². The molecule has 2 atom stereocenters. The Hall–Kier alpha value is -1.17. The molecule has 0 bridgehead atoms. The van der Waals surface area contributed by atoms with E-state index >= 15 is 0 Å². The summed E-state index contributed by atoms with van der Waals surface area (Å²) >= 11 is 1.34. The molecule has 1 N–H and O–H groups in total. The maximum Gasteiger partial charge on any atom is 0.285 e. The Morgan fingerprint density at radius 3 is 2.67 bits per heavy atom. The SMILES string of the molecule is CCNc1nnc(C(=O)N2[C@H](C)CCC[C@@H]2C)s1.